The highest BCUT2D eigenvalue weighted by Gasteiger charge is 2.55. The van der Waals surface area contributed by atoms with Gasteiger partial charge in [0.2, 0.25) is 0 Å². The van der Waals surface area contributed by atoms with Crippen LogP contribution in [0.3, 0.4) is 0 Å². The van der Waals surface area contributed by atoms with E-state index in [4.69, 9.17) is 10.5 Å². The zero-order valence-corrected chi connectivity index (χ0v) is 13.9. The number of rotatable bonds is 3. The fraction of sp³-hybridized carbons (Fsp3) is 0.467. The smallest absolute Gasteiger partial charge is 0.316 e. The third kappa shape index (κ3) is 2.47. The van der Waals surface area contributed by atoms with Crippen LogP contribution in [0.4, 0.5) is 8.78 Å². The van der Waals surface area contributed by atoms with Gasteiger partial charge in [0.25, 0.3) is 6.02 Å². The van der Waals surface area contributed by atoms with Gasteiger partial charge in [0.15, 0.2) is 0 Å². The van der Waals surface area contributed by atoms with Crippen LogP contribution < -0.4 is 5.73 Å². The number of benzene rings is 1. The topological polar surface area (TPSA) is 47.6 Å². The SMILES string of the molecule is C=IC(F)(F)c1cccc(C2(C)CC3(COC(N)=N3)C2)c1. The second-order valence-electron chi connectivity index (χ2n) is 6.09. The van der Waals surface area contributed by atoms with Crippen molar-refractivity contribution >= 4 is 31.3 Å². The number of hydrogen-bond donors (Lipinski definition) is 1. The molecule has 1 aliphatic heterocycles. The van der Waals surface area contributed by atoms with Crippen LogP contribution in [0.5, 0.6) is 0 Å². The Kier molecular flexibility index (Phi) is 3.35. The lowest BCUT2D eigenvalue weighted by atomic mass is 9.56. The van der Waals surface area contributed by atoms with Crippen molar-refractivity contribution in [2.75, 3.05) is 6.61 Å². The first kappa shape index (κ1) is 14.9. The monoisotopic (exact) mass is 406 g/mol. The third-order valence-electron chi connectivity index (χ3n) is 4.33. The summed E-state index contributed by atoms with van der Waals surface area (Å²) in [6.07, 6.45) is 1.55. The Morgan fingerprint density at radius 1 is 1.43 bits per heavy atom. The summed E-state index contributed by atoms with van der Waals surface area (Å²) in [5, 5.41) is 0. The highest BCUT2D eigenvalue weighted by molar-refractivity contribution is 14.2. The molecule has 1 spiro atoms. The molecule has 0 aromatic heterocycles. The maximum absolute atomic E-state index is 13.8. The number of alkyl halides is 3. The Morgan fingerprint density at radius 2 is 2.14 bits per heavy atom. The number of nitrogens with zero attached hydrogens (tertiary/aromatic N) is 1. The van der Waals surface area contributed by atoms with E-state index in [1.807, 2.05) is 6.07 Å². The molecule has 2 aliphatic rings. The van der Waals surface area contributed by atoms with Gasteiger partial charge in [-0.25, -0.2) is 4.99 Å². The molecule has 2 N–H and O–H groups in total. The maximum atomic E-state index is 13.8. The number of halogens is 3. The summed E-state index contributed by atoms with van der Waals surface area (Å²) in [6, 6.07) is 6.97. The highest BCUT2D eigenvalue weighted by atomic mass is 127. The highest BCUT2D eigenvalue weighted by Crippen LogP contribution is 2.54. The van der Waals surface area contributed by atoms with E-state index in [9.17, 15) is 8.78 Å². The summed E-state index contributed by atoms with van der Waals surface area (Å²) in [5.74, 6) is 0. The van der Waals surface area contributed by atoms with Gasteiger partial charge in [0.05, 0.1) is 0 Å². The molecule has 1 aromatic rings. The molecule has 1 heterocycles. The van der Waals surface area contributed by atoms with E-state index in [1.165, 1.54) is 6.07 Å². The molecule has 3 rings (SSSR count). The molecule has 0 amide bonds. The standard InChI is InChI=1S/C15H17F2IN2O/c1-13(7-14(8-13)9-21-12(19)20-14)10-4-3-5-11(6-10)15(16,17)18-2/h3-6H,2,7-9H2,1H3,(H2,19,20). The Balaban J connectivity index is 1.86. The van der Waals surface area contributed by atoms with Crippen molar-refractivity contribution in [2.45, 2.75) is 34.6 Å². The molecule has 0 saturated heterocycles. The van der Waals surface area contributed by atoms with E-state index in [-0.39, 0.29) is 22.5 Å². The van der Waals surface area contributed by atoms with Gasteiger partial charge >= 0.3 is 3.93 Å². The zero-order valence-electron chi connectivity index (χ0n) is 11.7. The number of amidine groups is 1. The molecule has 1 aliphatic carbocycles. The molecule has 1 saturated carbocycles. The number of ether oxygens (including phenoxy) is 1. The van der Waals surface area contributed by atoms with Crippen LogP contribution in [-0.2, 0) is 14.1 Å². The Labute approximate surface area is 132 Å². The van der Waals surface area contributed by atoms with Crippen LogP contribution in [-0.4, -0.2) is 22.7 Å². The van der Waals surface area contributed by atoms with Gasteiger partial charge in [-0.05, 0) is 50.6 Å². The largest absolute Gasteiger partial charge is 0.463 e. The van der Waals surface area contributed by atoms with Crippen LogP contribution in [0.15, 0.2) is 29.3 Å². The van der Waals surface area contributed by atoms with Crippen LogP contribution in [0.1, 0.15) is 30.9 Å². The minimum absolute atomic E-state index is 0.0793. The van der Waals surface area contributed by atoms with Crippen molar-refractivity contribution in [3.8, 4) is 0 Å². The lowest BCUT2D eigenvalue weighted by molar-refractivity contribution is 0.0881. The van der Waals surface area contributed by atoms with Crippen molar-refractivity contribution in [1.82, 2.24) is 0 Å². The molecular weight excluding hydrogens is 389 g/mol. The van der Waals surface area contributed by atoms with E-state index in [2.05, 4.69) is 16.4 Å². The lowest BCUT2D eigenvalue weighted by Crippen LogP contribution is -2.52. The number of aliphatic imine (C=N–C) groups is 1. The molecule has 3 nitrogen and oxygen atoms in total. The Bertz CT molecular complexity index is 624. The fourth-order valence-corrected chi connectivity index (χ4v) is 4.22. The second kappa shape index (κ2) is 4.72. The van der Waals surface area contributed by atoms with Crippen molar-refractivity contribution in [3.05, 3.63) is 35.4 Å². The summed E-state index contributed by atoms with van der Waals surface area (Å²) in [6.45, 7) is 2.58. The molecule has 0 atom stereocenters. The average Bonchev–Trinajstić information content (AvgIpc) is 2.80. The minimum atomic E-state index is -2.77. The van der Waals surface area contributed by atoms with Gasteiger partial charge in [-0.3, -0.25) is 0 Å². The van der Waals surface area contributed by atoms with Gasteiger partial charge in [-0.1, -0.05) is 29.6 Å². The normalized spacial score (nSPS) is 31.7. The van der Waals surface area contributed by atoms with Gasteiger partial charge in [-0.2, -0.15) is 8.78 Å². The molecule has 21 heavy (non-hydrogen) atoms. The molecular formula is C15H17F2IN2O. The molecule has 1 fully saturated rings. The summed E-state index contributed by atoms with van der Waals surface area (Å²) in [4.78, 5) is 4.35. The summed E-state index contributed by atoms with van der Waals surface area (Å²) < 4.78 is 33.6. The summed E-state index contributed by atoms with van der Waals surface area (Å²) in [7, 11) is 0. The molecule has 1 aromatic carbocycles. The molecule has 0 radical (unpaired) electrons. The summed E-state index contributed by atoms with van der Waals surface area (Å²) >= 11 is -1.42. The van der Waals surface area contributed by atoms with Gasteiger partial charge in [-0.15, -0.1) is 0 Å². The minimum Gasteiger partial charge on any atom is -0.463 e. The summed E-state index contributed by atoms with van der Waals surface area (Å²) in [5.41, 5.74) is 6.18. The lowest BCUT2D eigenvalue weighted by Gasteiger charge is -2.50. The quantitative estimate of drug-likeness (QED) is 0.619. The molecule has 6 heteroatoms. The number of hydrogen-bond acceptors (Lipinski definition) is 3. The Morgan fingerprint density at radius 3 is 2.71 bits per heavy atom. The van der Waals surface area contributed by atoms with Crippen LogP contribution in [0.2, 0.25) is 0 Å². The first-order chi connectivity index (χ1) is 9.79. The predicted molar refractivity (Wildman–Crippen MR) is 88.4 cm³/mol. The fourth-order valence-electron chi connectivity index (χ4n) is 3.44. The number of nitrogens with two attached hydrogens (primary N) is 1. The first-order valence-electron chi connectivity index (χ1n) is 6.65. The van der Waals surface area contributed by atoms with Gasteiger partial charge < -0.3 is 10.5 Å². The zero-order chi connectivity index (χ0) is 15.3. The van der Waals surface area contributed by atoms with Crippen LogP contribution >= 0.6 is 20.7 Å². The maximum Gasteiger partial charge on any atom is 0.316 e. The third-order valence-corrected chi connectivity index (χ3v) is 5.91. The van der Waals surface area contributed by atoms with Gasteiger partial charge in [0, 0.05) is 5.56 Å². The van der Waals surface area contributed by atoms with Crippen molar-refractivity contribution in [3.63, 3.8) is 0 Å². The van der Waals surface area contributed by atoms with Crippen LogP contribution in [0.25, 0.3) is 0 Å². The van der Waals surface area contributed by atoms with E-state index in [1.54, 1.807) is 12.1 Å². The van der Waals surface area contributed by atoms with E-state index < -0.39 is 24.7 Å². The molecule has 114 valence electrons. The van der Waals surface area contributed by atoms with E-state index in [0.717, 1.165) is 18.4 Å². The second-order valence-corrected chi connectivity index (χ2v) is 8.21. The van der Waals surface area contributed by atoms with Crippen molar-refractivity contribution in [2.24, 2.45) is 10.7 Å². The molecule has 0 unspecified atom stereocenters. The van der Waals surface area contributed by atoms with Gasteiger partial charge in [0.1, 0.15) is 12.1 Å². The average molecular weight is 406 g/mol. The molecule has 0 bridgehead atoms. The first-order valence-corrected chi connectivity index (χ1v) is 9.26. The van der Waals surface area contributed by atoms with Crippen molar-refractivity contribution < 1.29 is 13.5 Å². The Hall–Kier alpha value is -1.05. The predicted octanol–water partition coefficient (Wildman–Crippen LogP) is 3.27. The van der Waals surface area contributed by atoms with Crippen molar-refractivity contribution in [1.29, 1.82) is 0 Å². The van der Waals surface area contributed by atoms with E-state index >= 15 is 0 Å². The van der Waals surface area contributed by atoms with Crippen LogP contribution in [0, 0.1) is 0 Å². The van der Waals surface area contributed by atoms with E-state index in [0.29, 0.717) is 6.61 Å².